The second-order valence-corrected chi connectivity index (χ2v) is 5.26. The topological polar surface area (TPSA) is 64.8 Å². The SMILES string of the molecule is O=[N+]([O-])c1ccc(OC2CC(N3CCOCC3)C2)cc1. The average molecular weight is 278 g/mol. The minimum Gasteiger partial charge on any atom is -0.490 e. The molecular weight excluding hydrogens is 260 g/mol. The molecule has 1 aromatic carbocycles. The van der Waals surface area contributed by atoms with Crippen LogP contribution in [0.5, 0.6) is 5.75 Å². The molecule has 1 saturated heterocycles. The fraction of sp³-hybridized carbons (Fsp3) is 0.571. The van der Waals surface area contributed by atoms with Gasteiger partial charge in [-0.2, -0.15) is 0 Å². The Morgan fingerprint density at radius 1 is 1.20 bits per heavy atom. The van der Waals surface area contributed by atoms with E-state index in [1.807, 2.05) is 0 Å². The molecule has 1 aliphatic carbocycles. The Labute approximate surface area is 117 Å². The smallest absolute Gasteiger partial charge is 0.269 e. The summed E-state index contributed by atoms with van der Waals surface area (Å²) < 4.78 is 11.2. The van der Waals surface area contributed by atoms with Gasteiger partial charge >= 0.3 is 0 Å². The molecule has 108 valence electrons. The molecule has 2 fully saturated rings. The summed E-state index contributed by atoms with van der Waals surface area (Å²) in [4.78, 5) is 12.6. The van der Waals surface area contributed by atoms with E-state index in [4.69, 9.17) is 9.47 Å². The van der Waals surface area contributed by atoms with E-state index in [-0.39, 0.29) is 11.8 Å². The van der Waals surface area contributed by atoms with E-state index in [1.54, 1.807) is 12.1 Å². The zero-order valence-electron chi connectivity index (χ0n) is 11.2. The normalized spacial score (nSPS) is 26.8. The lowest BCUT2D eigenvalue weighted by atomic mass is 9.87. The summed E-state index contributed by atoms with van der Waals surface area (Å²) in [5.74, 6) is 0.709. The van der Waals surface area contributed by atoms with E-state index in [1.165, 1.54) is 12.1 Å². The van der Waals surface area contributed by atoms with Gasteiger partial charge < -0.3 is 9.47 Å². The van der Waals surface area contributed by atoms with Crippen molar-refractivity contribution in [2.24, 2.45) is 0 Å². The van der Waals surface area contributed by atoms with Crippen molar-refractivity contribution in [3.05, 3.63) is 34.4 Å². The first-order chi connectivity index (χ1) is 9.72. The largest absolute Gasteiger partial charge is 0.490 e. The fourth-order valence-corrected chi connectivity index (χ4v) is 2.71. The van der Waals surface area contributed by atoms with Crippen LogP contribution in [-0.4, -0.2) is 48.3 Å². The second kappa shape index (κ2) is 5.76. The molecule has 3 rings (SSSR count). The summed E-state index contributed by atoms with van der Waals surface area (Å²) in [5, 5.41) is 10.6. The summed E-state index contributed by atoms with van der Waals surface area (Å²) in [6.07, 6.45) is 2.28. The highest BCUT2D eigenvalue weighted by Crippen LogP contribution is 2.30. The van der Waals surface area contributed by atoms with Gasteiger partial charge in [-0.1, -0.05) is 0 Å². The molecule has 0 bridgehead atoms. The molecule has 0 unspecified atom stereocenters. The van der Waals surface area contributed by atoms with Gasteiger partial charge in [-0.15, -0.1) is 0 Å². The first kappa shape index (κ1) is 13.3. The molecule has 0 atom stereocenters. The summed E-state index contributed by atoms with van der Waals surface area (Å²) in [6.45, 7) is 3.67. The number of non-ortho nitro benzene ring substituents is 1. The number of nitro benzene ring substituents is 1. The molecule has 1 saturated carbocycles. The highest BCUT2D eigenvalue weighted by molar-refractivity contribution is 5.36. The predicted molar refractivity (Wildman–Crippen MR) is 72.9 cm³/mol. The third kappa shape index (κ3) is 2.91. The van der Waals surface area contributed by atoms with E-state index in [0.29, 0.717) is 11.8 Å². The van der Waals surface area contributed by atoms with Gasteiger partial charge in [0.25, 0.3) is 5.69 Å². The van der Waals surface area contributed by atoms with E-state index in [0.717, 1.165) is 39.1 Å². The molecule has 1 heterocycles. The lowest BCUT2D eigenvalue weighted by Gasteiger charge is -2.44. The Hall–Kier alpha value is -1.66. The zero-order valence-corrected chi connectivity index (χ0v) is 11.2. The standard InChI is InChI=1S/C14H18N2O4/c17-16(18)11-1-3-13(4-2-11)20-14-9-12(10-14)15-5-7-19-8-6-15/h1-4,12,14H,5-10H2. The molecule has 20 heavy (non-hydrogen) atoms. The first-order valence-electron chi connectivity index (χ1n) is 6.95. The lowest BCUT2D eigenvalue weighted by molar-refractivity contribution is -0.384. The second-order valence-electron chi connectivity index (χ2n) is 5.26. The summed E-state index contributed by atoms with van der Waals surface area (Å²) >= 11 is 0. The van der Waals surface area contributed by atoms with Gasteiger partial charge in [0.1, 0.15) is 11.9 Å². The number of hydrogen-bond acceptors (Lipinski definition) is 5. The highest BCUT2D eigenvalue weighted by Gasteiger charge is 2.35. The summed E-state index contributed by atoms with van der Waals surface area (Å²) in [6, 6.07) is 6.89. The Kier molecular flexibility index (Phi) is 3.84. The van der Waals surface area contributed by atoms with Crippen molar-refractivity contribution in [3.63, 3.8) is 0 Å². The molecule has 0 spiro atoms. The average Bonchev–Trinajstić information content (AvgIpc) is 2.44. The van der Waals surface area contributed by atoms with Crippen LogP contribution < -0.4 is 4.74 Å². The van der Waals surface area contributed by atoms with Crippen LogP contribution in [0.1, 0.15) is 12.8 Å². The van der Waals surface area contributed by atoms with Gasteiger partial charge in [0.15, 0.2) is 0 Å². The van der Waals surface area contributed by atoms with Crippen LogP contribution in [0.2, 0.25) is 0 Å². The van der Waals surface area contributed by atoms with Gasteiger partial charge in [-0.25, -0.2) is 0 Å². The first-order valence-corrected chi connectivity index (χ1v) is 6.95. The van der Waals surface area contributed by atoms with E-state index < -0.39 is 4.92 Å². The number of nitrogens with zero attached hydrogens (tertiary/aromatic N) is 2. The molecule has 1 aromatic rings. The molecule has 2 aliphatic rings. The summed E-state index contributed by atoms with van der Waals surface area (Å²) in [5.41, 5.74) is 0.0946. The number of morpholine rings is 1. The molecule has 1 aliphatic heterocycles. The van der Waals surface area contributed by atoms with Gasteiger partial charge in [0.2, 0.25) is 0 Å². The van der Waals surface area contributed by atoms with Crippen LogP contribution in [0.3, 0.4) is 0 Å². The Morgan fingerprint density at radius 2 is 1.85 bits per heavy atom. The Morgan fingerprint density at radius 3 is 2.45 bits per heavy atom. The quantitative estimate of drug-likeness (QED) is 0.621. The molecule has 0 amide bonds. The summed E-state index contributed by atoms with van der Waals surface area (Å²) in [7, 11) is 0. The van der Waals surface area contributed by atoms with E-state index in [2.05, 4.69) is 4.90 Å². The zero-order chi connectivity index (χ0) is 13.9. The highest BCUT2D eigenvalue weighted by atomic mass is 16.6. The van der Waals surface area contributed by atoms with Crippen molar-refractivity contribution < 1.29 is 14.4 Å². The molecule has 6 nitrogen and oxygen atoms in total. The maximum absolute atomic E-state index is 10.6. The van der Waals surface area contributed by atoms with Crippen LogP contribution in [0.15, 0.2) is 24.3 Å². The number of benzene rings is 1. The van der Waals surface area contributed by atoms with Crippen LogP contribution >= 0.6 is 0 Å². The van der Waals surface area contributed by atoms with Crippen molar-refractivity contribution in [1.29, 1.82) is 0 Å². The molecule has 0 N–H and O–H groups in total. The third-order valence-electron chi connectivity index (χ3n) is 3.98. The molecule has 0 aromatic heterocycles. The van der Waals surface area contributed by atoms with Crippen molar-refractivity contribution in [2.75, 3.05) is 26.3 Å². The maximum atomic E-state index is 10.6. The number of nitro groups is 1. The minimum absolute atomic E-state index is 0.0946. The van der Waals surface area contributed by atoms with Crippen LogP contribution in [-0.2, 0) is 4.74 Å². The van der Waals surface area contributed by atoms with Crippen molar-refractivity contribution in [2.45, 2.75) is 25.0 Å². The van der Waals surface area contributed by atoms with Crippen LogP contribution in [0.25, 0.3) is 0 Å². The fourth-order valence-electron chi connectivity index (χ4n) is 2.71. The monoisotopic (exact) mass is 278 g/mol. The Bertz CT molecular complexity index is 465. The van der Waals surface area contributed by atoms with E-state index >= 15 is 0 Å². The van der Waals surface area contributed by atoms with Gasteiger partial charge in [-0.3, -0.25) is 15.0 Å². The maximum Gasteiger partial charge on any atom is 0.269 e. The van der Waals surface area contributed by atoms with Crippen molar-refractivity contribution in [3.8, 4) is 5.75 Å². The van der Waals surface area contributed by atoms with Gasteiger partial charge in [0, 0.05) is 44.1 Å². The van der Waals surface area contributed by atoms with Crippen LogP contribution in [0.4, 0.5) is 5.69 Å². The molecule has 6 heteroatoms. The van der Waals surface area contributed by atoms with Gasteiger partial charge in [0.05, 0.1) is 18.1 Å². The molecule has 0 radical (unpaired) electrons. The van der Waals surface area contributed by atoms with Crippen LogP contribution in [0, 0.1) is 10.1 Å². The lowest BCUT2D eigenvalue weighted by Crippen LogP contribution is -2.52. The number of hydrogen-bond donors (Lipinski definition) is 0. The number of rotatable bonds is 4. The van der Waals surface area contributed by atoms with Crippen molar-refractivity contribution >= 4 is 5.69 Å². The predicted octanol–water partition coefficient (Wildman–Crippen LogP) is 1.84. The van der Waals surface area contributed by atoms with Gasteiger partial charge in [-0.05, 0) is 12.1 Å². The number of ether oxygens (including phenoxy) is 2. The minimum atomic E-state index is -0.401. The third-order valence-corrected chi connectivity index (χ3v) is 3.98. The molecular formula is C14H18N2O4. The van der Waals surface area contributed by atoms with E-state index in [9.17, 15) is 10.1 Å². The van der Waals surface area contributed by atoms with Crippen molar-refractivity contribution in [1.82, 2.24) is 4.90 Å². The Balaban J connectivity index is 1.47.